The van der Waals surface area contributed by atoms with Crippen LogP contribution in [0.5, 0.6) is 0 Å². The first-order chi connectivity index (χ1) is 18.4. The van der Waals surface area contributed by atoms with Crippen molar-refractivity contribution in [3.8, 4) is 11.1 Å². The highest BCUT2D eigenvalue weighted by Crippen LogP contribution is 2.23. The number of hydrogen-bond acceptors (Lipinski definition) is 4. The molecule has 0 aliphatic heterocycles. The third-order valence-corrected chi connectivity index (χ3v) is 6.45. The van der Waals surface area contributed by atoms with Gasteiger partial charge in [-0.1, -0.05) is 75.4 Å². The first-order valence-corrected chi connectivity index (χ1v) is 12.9. The fourth-order valence-electron chi connectivity index (χ4n) is 4.13. The lowest BCUT2D eigenvalue weighted by Crippen LogP contribution is -2.57. The highest BCUT2D eigenvalue weighted by Gasteiger charge is 2.35. The van der Waals surface area contributed by atoms with Crippen molar-refractivity contribution in [1.82, 2.24) is 10.6 Å². The number of carbonyl (C=O) groups is 3. The molecule has 4 N–H and O–H groups in total. The molecule has 0 heterocycles. The number of rotatable bonds is 11. The van der Waals surface area contributed by atoms with E-state index < -0.39 is 35.4 Å². The van der Waals surface area contributed by atoms with Gasteiger partial charge in [0.2, 0.25) is 11.8 Å². The van der Waals surface area contributed by atoms with E-state index in [2.05, 4.69) is 16.0 Å². The van der Waals surface area contributed by atoms with Crippen LogP contribution in [0.15, 0.2) is 78.9 Å². The van der Waals surface area contributed by atoms with Gasteiger partial charge in [0.05, 0.1) is 6.04 Å². The summed E-state index contributed by atoms with van der Waals surface area (Å²) in [4.78, 5) is 38.1. The summed E-state index contributed by atoms with van der Waals surface area (Å²) in [6, 6.07) is 20.3. The van der Waals surface area contributed by atoms with E-state index in [-0.39, 0.29) is 11.7 Å². The lowest BCUT2D eigenvalue weighted by Gasteiger charge is -2.32. The number of hydrogen-bond donors (Lipinski definition) is 4. The van der Waals surface area contributed by atoms with Crippen molar-refractivity contribution in [3.05, 3.63) is 90.2 Å². The standard InChI is InChI=1S/C31H36FN3O4/c1-20(30(38)39)33-26(19-12-21-10-13-22(14-11-21)23-15-17-24(32)18-16-23)28(36)35-27(31(2,3)4)29(37)34-25-8-6-5-7-9-25/h5-11,13-18,20,26-27,33H,12,19H2,1-4H3,(H,34,37)(H,35,36)(H,38,39)/t20-,26?,27?/m1/s1. The molecule has 3 rings (SSSR count). The van der Waals surface area contributed by atoms with Crippen LogP contribution in [-0.4, -0.2) is 41.0 Å². The van der Waals surface area contributed by atoms with E-state index in [4.69, 9.17) is 0 Å². The van der Waals surface area contributed by atoms with Gasteiger partial charge in [-0.2, -0.15) is 0 Å². The molecule has 2 amide bonds. The van der Waals surface area contributed by atoms with Gasteiger partial charge in [-0.3, -0.25) is 19.7 Å². The van der Waals surface area contributed by atoms with E-state index in [1.807, 2.05) is 51.1 Å². The first-order valence-electron chi connectivity index (χ1n) is 12.9. The molecule has 0 fully saturated rings. The highest BCUT2D eigenvalue weighted by molar-refractivity contribution is 5.98. The zero-order valence-corrected chi connectivity index (χ0v) is 22.7. The molecule has 3 aromatic carbocycles. The first kappa shape index (κ1) is 29.5. The number of para-hydroxylation sites is 1. The number of aryl methyl sites for hydroxylation is 1. The molecule has 206 valence electrons. The maximum Gasteiger partial charge on any atom is 0.320 e. The molecule has 7 nitrogen and oxygen atoms in total. The summed E-state index contributed by atoms with van der Waals surface area (Å²) < 4.78 is 13.2. The Balaban J connectivity index is 1.72. The number of nitrogens with one attached hydrogen (secondary N) is 3. The molecule has 0 bridgehead atoms. The van der Waals surface area contributed by atoms with Crippen molar-refractivity contribution < 1.29 is 23.9 Å². The number of benzene rings is 3. The summed E-state index contributed by atoms with van der Waals surface area (Å²) in [5.41, 5.74) is 2.79. The Hall–Kier alpha value is -4.04. The summed E-state index contributed by atoms with van der Waals surface area (Å²) in [7, 11) is 0. The van der Waals surface area contributed by atoms with E-state index >= 15 is 0 Å². The minimum atomic E-state index is -1.08. The second-order valence-corrected chi connectivity index (χ2v) is 10.7. The molecule has 0 aromatic heterocycles. The van der Waals surface area contributed by atoms with Gasteiger partial charge in [0.25, 0.3) is 0 Å². The van der Waals surface area contributed by atoms with Gasteiger partial charge in [-0.25, -0.2) is 4.39 Å². The van der Waals surface area contributed by atoms with E-state index in [0.29, 0.717) is 18.5 Å². The summed E-state index contributed by atoms with van der Waals surface area (Å²) in [5, 5.41) is 18.0. The van der Waals surface area contributed by atoms with Crippen LogP contribution in [0.25, 0.3) is 11.1 Å². The summed E-state index contributed by atoms with van der Waals surface area (Å²) in [6.45, 7) is 7.04. The number of carboxylic acid groups (broad SMARTS) is 1. The van der Waals surface area contributed by atoms with Crippen molar-refractivity contribution in [1.29, 1.82) is 0 Å². The van der Waals surface area contributed by atoms with Crippen molar-refractivity contribution >= 4 is 23.5 Å². The largest absolute Gasteiger partial charge is 0.480 e. The Morgan fingerprint density at radius 1 is 0.846 bits per heavy atom. The maximum atomic E-state index is 13.4. The number of anilines is 1. The molecule has 39 heavy (non-hydrogen) atoms. The molecule has 3 atom stereocenters. The minimum Gasteiger partial charge on any atom is -0.480 e. The van der Waals surface area contributed by atoms with Crippen LogP contribution in [0.4, 0.5) is 10.1 Å². The van der Waals surface area contributed by atoms with Gasteiger partial charge in [-0.05, 0) is 66.1 Å². The third kappa shape index (κ3) is 8.75. The predicted octanol–water partition coefficient (Wildman–Crippen LogP) is 5.03. The third-order valence-electron chi connectivity index (χ3n) is 6.45. The quantitative estimate of drug-likeness (QED) is 0.277. The van der Waals surface area contributed by atoms with E-state index in [1.54, 1.807) is 36.4 Å². The highest BCUT2D eigenvalue weighted by atomic mass is 19.1. The minimum absolute atomic E-state index is 0.297. The van der Waals surface area contributed by atoms with Crippen LogP contribution in [0, 0.1) is 11.2 Å². The Kier molecular flexibility index (Phi) is 9.95. The van der Waals surface area contributed by atoms with Gasteiger partial charge in [-0.15, -0.1) is 0 Å². The Morgan fingerprint density at radius 3 is 1.95 bits per heavy atom. The topological polar surface area (TPSA) is 108 Å². The molecule has 0 spiro atoms. The molecule has 2 unspecified atom stereocenters. The Morgan fingerprint density at radius 2 is 1.41 bits per heavy atom. The molecular formula is C31H36FN3O4. The SMILES string of the molecule is C[C@@H](NC(CCc1ccc(-c2ccc(F)cc2)cc1)C(=O)NC(C(=O)Nc1ccccc1)C(C)(C)C)C(=O)O. The monoisotopic (exact) mass is 533 g/mol. The summed E-state index contributed by atoms with van der Waals surface area (Å²) >= 11 is 0. The maximum absolute atomic E-state index is 13.4. The smallest absolute Gasteiger partial charge is 0.320 e. The van der Waals surface area contributed by atoms with Gasteiger partial charge >= 0.3 is 5.97 Å². The lowest BCUT2D eigenvalue weighted by atomic mass is 9.85. The van der Waals surface area contributed by atoms with Crippen LogP contribution >= 0.6 is 0 Å². The molecule has 8 heteroatoms. The van der Waals surface area contributed by atoms with Crippen LogP contribution in [0.1, 0.15) is 39.7 Å². The normalized spacial score (nSPS) is 13.7. The van der Waals surface area contributed by atoms with Crippen LogP contribution in [-0.2, 0) is 20.8 Å². The van der Waals surface area contributed by atoms with E-state index in [9.17, 15) is 23.9 Å². The average molecular weight is 534 g/mol. The lowest BCUT2D eigenvalue weighted by molar-refractivity contribution is -0.139. The fourth-order valence-corrected chi connectivity index (χ4v) is 4.13. The van der Waals surface area contributed by atoms with E-state index in [1.165, 1.54) is 19.1 Å². The molecule has 3 aromatic rings. The fraction of sp³-hybridized carbons (Fsp3) is 0.323. The average Bonchev–Trinajstić information content (AvgIpc) is 2.90. The summed E-state index contributed by atoms with van der Waals surface area (Å²) in [6.07, 6.45) is 0.814. The van der Waals surface area contributed by atoms with Gasteiger partial charge in [0.15, 0.2) is 0 Å². The number of amides is 2. The molecule has 0 aliphatic rings. The molecule has 0 saturated carbocycles. The van der Waals surface area contributed by atoms with Crippen molar-refractivity contribution in [3.63, 3.8) is 0 Å². The van der Waals surface area contributed by atoms with Crippen molar-refractivity contribution in [2.24, 2.45) is 5.41 Å². The van der Waals surface area contributed by atoms with Crippen molar-refractivity contribution in [2.45, 2.75) is 58.7 Å². The molecule has 0 aliphatic carbocycles. The molecule has 0 radical (unpaired) electrons. The second kappa shape index (κ2) is 13.2. The van der Waals surface area contributed by atoms with Crippen LogP contribution in [0.3, 0.4) is 0 Å². The van der Waals surface area contributed by atoms with Gasteiger partial charge in [0.1, 0.15) is 17.9 Å². The molecule has 0 saturated heterocycles. The van der Waals surface area contributed by atoms with Gasteiger partial charge < -0.3 is 15.7 Å². The zero-order chi connectivity index (χ0) is 28.6. The van der Waals surface area contributed by atoms with E-state index in [0.717, 1.165) is 16.7 Å². The molecular weight excluding hydrogens is 497 g/mol. The van der Waals surface area contributed by atoms with Crippen LogP contribution < -0.4 is 16.0 Å². The van der Waals surface area contributed by atoms with Gasteiger partial charge in [0, 0.05) is 5.69 Å². The van der Waals surface area contributed by atoms with Crippen LogP contribution in [0.2, 0.25) is 0 Å². The Bertz CT molecular complexity index is 1260. The number of carbonyl (C=O) groups excluding carboxylic acids is 2. The van der Waals surface area contributed by atoms with Crippen molar-refractivity contribution in [2.75, 3.05) is 5.32 Å². The Labute approximate surface area is 228 Å². The predicted molar refractivity (Wildman–Crippen MR) is 151 cm³/mol. The number of carboxylic acids is 1. The summed E-state index contributed by atoms with van der Waals surface area (Å²) in [5.74, 6) is -2.18. The second-order valence-electron chi connectivity index (χ2n) is 10.7. The zero-order valence-electron chi connectivity index (χ0n) is 22.7. The number of aliphatic carboxylic acids is 1. The number of halogens is 1.